The van der Waals surface area contributed by atoms with Gasteiger partial charge in [0.2, 0.25) is 0 Å². The van der Waals surface area contributed by atoms with Crippen molar-refractivity contribution in [3.63, 3.8) is 0 Å². The van der Waals surface area contributed by atoms with Gasteiger partial charge in [-0.3, -0.25) is 4.90 Å². The zero-order valence-electron chi connectivity index (χ0n) is 11.7. The van der Waals surface area contributed by atoms with Crippen LogP contribution in [0.5, 0.6) is 0 Å². The van der Waals surface area contributed by atoms with E-state index in [9.17, 15) is 4.79 Å². The molecule has 1 saturated carbocycles. The molecule has 1 aromatic heterocycles. The van der Waals surface area contributed by atoms with E-state index in [-0.39, 0.29) is 5.69 Å². The molecule has 1 aliphatic carbocycles. The summed E-state index contributed by atoms with van der Waals surface area (Å²) in [5.74, 6) is -0.262. The van der Waals surface area contributed by atoms with Crippen molar-refractivity contribution in [2.45, 2.75) is 45.7 Å². The highest BCUT2D eigenvalue weighted by atomic mass is 16.4. The largest absolute Gasteiger partial charge is 0.477 e. The number of carboxylic acids is 1. The van der Waals surface area contributed by atoms with E-state index in [4.69, 9.17) is 5.11 Å². The van der Waals surface area contributed by atoms with E-state index in [1.807, 2.05) is 6.07 Å². The summed E-state index contributed by atoms with van der Waals surface area (Å²) in [5, 5.41) is 8.96. The van der Waals surface area contributed by atoms with Gasteiger partial charge in [-0.05, 0) is 43.9 Å². The normalized spacial score (nSPS) is 15.2. The summed E-state index contributed by atoms with van der Waals surface area (Å²) in [6.07, 6.45) is 3.70. The Bertz CT molecular complexity index is 442. The Balaban J connectivity index is 2.00. The highest BCUT2D eigenvalue weighted by Crippen LogP contribution is 2.28. The van der Waals surface area contributed by atoms with Crippen molar-refractivity contribution >= 4 is 5.97 Å². The second kappa shape index (κ2) is 6.15. The molecule has 0 atom stereocenters. The molecule has 1 fully saturated rings. The Kier molecular flexibility index (Phi) is 4.53. The van der Waals surface area contributed by atoms with Crippen LogP contribution in [-0.4, -0.2) is 33.5 Å². The van der Waals surface area contributed by atoms with Gasteiger partial charge in [0.15, 0.2) is 0 Å². The molecule has 0 unspecified atom stereocenters. The van der Waals surface area contributed by atoms with Gasteiger partial charge in [-0.2, -0.15) is 0 Å². The number of aromatic carboxylic acids is 1. The van der Waals surface area contributed by atoms with E-state index in [0.717, 1.165) is 18.8 Å². The second-order valence-electron chi connectivity index (χ2n) is 5.70. The highest BCUT2D eigenvalue weighted by molar-refractivity contribution is 5.85. The third-order valence-corrected chi connectivity index (χ3v) is 3.45. The van der Waals surface area contributed by atoms with Crippen molar-refractivity contribution in [3.8, 4) is 0 Å². The topological polar surface area (TPSA) is 53.4 Å². The van der Waals surface area contributed by atoms with E-state index in [0.29, 0.717) is 12.0 Å². The van der Waals surface area contributed by atoms with Gasteiger partial charge in [-0.25, -0.2) is 9.78 Å². The van der Waals surface area contributed by atoms with Gasteiger partial charge in [-0.1, -0.05) is 19.9 Å². The molecule has 1 N–H and O–H groups in total. The predicted octanol–water partition coefficient (Wildman–Crippen LogP) is 2.79. The van der Waals surface area contributed by atoms with E-state index in [1.165, 1.54) is 19.3 Å². The molecular formula is C15H22N2O2. The van der Waals surface area contributed by atoms with E-state index in [2.05, 4.69) is 23.7 Å². The van der Waals surface area contributed by atoms with Crippen molar-refractivity contribution in [2.75, 3.05) is 6.54 Å². The third-order valence-electron chi connectivity index (χ3n) is 3.45. The average molecular weight is 262 g/mol. The number of rotatable bonds is 7. The van der Waals surface area contributed by atoms with Crippen molar-refractivity contribution in [3.05, 3.63) is 29.6 Å². The number of hydrogen-bond acceptors (Lipinski definition) is 3. The van der Waals surface area contributed by atoms with Crippen molar-refractivity contribution in [1.82, 2.24) is 9.88 Å². The number of carboxylic acid groups (broad SMARTS) is 1. The fourth-order valence-corrected chi connectivity index (χ4v) is 2.15. The smallest absolute Gasteiger partial charge is 0.354 e. The molecule has 0 amide bonds. The Hall–Kier alpha value is -1.42. The van der Waals surface area contributed by atoms with Gasteiger partial charge in [0.05, 0.1) is 5.69 Å². The summed E-state index contributed by atoms with van der Waals surface area (Å²) in [6.45, 7) is 6.29. The Morgan fingerprint density at radius 2 is 2.21 bits per heavy atom. The third kappa shape index (κ3) is 4.31. The van der Waals surface area contributed by atoms with Crippen LogP contribution in [0.4, 0.5) is 0 Å². The average Bonchev–Trinajstić information content (AvgIpc) is 3.18. The van der Waals surface area contributed by atoms with E-state index < -0.39 is 5.97 Å². The molecule has 2 rings (SSSR count). The number of nitrogens with zero attached hydrogens (tertiary/aromatic N) is 2. The first kappa shape index (κ1) is 14.0. The number of carbonyl (C=O) groups is 1. The zero-order chi connectivity index (χ0) is 13.8. The van der Waals surface area contributed by atoms with Crippen LogP contribution in [0.25, 0.3) is 0 Å². The van der Waals surface area contributed by atoms with Gasteiger partial charge >= 0.3 is 5.97 Å². The fourth-order valence-electron chi connectivity index (χ4n) is 2.15. The molecule has 4 heteroatoms. The maximum absolute atomic E-state index is 10.9. The maximum Gasteiger partial charge on any atom is 0.354 e. The molecule has 0 saturated heterocycles. The van der Waals surface area contributed by atoms with Crippen LogP contribution in [0.3, 0.4) is 0 Å². The zero-order valence-corrected chi connectivity index (χ0v) is 11.7. The van der Waals surface area contributed by atoms with Crippen molar-refractivity contribution in [1.29, 1.82) is 0 Å². The Morgan fingerprint density at radius 1 is 1.47 bits per heavy atom. The van der Waals surface area contributed by atoms with Gasteiger partial charge < -0.3 is 5.11 Å². The summed E-state index contributed by atoms with van der Waals surface area (Å²) < 4.78 is 0. The summed E-state index contributed by atoms with van der Waals surface area (Å²) >= 11 is 0. The first-order chi connectivity index (χ1) is 9.06. The summed E-state index contributed by atoms with van der Waals surface area (Å²) in [4.78, 5) is 17.6. The van der Waals surface area contributed by atoms with Crippen LogP contribution >= 0.6 is 0 Å². The van der Waals surface area contributed by atoms with Crippen LogP contribution in [0.1, 0.15) is 49.3 Å². The lowest BCUT2D eigenvalue weighted by Crippen LogP contribution is -2.28. The Morgan fingerprint density at radius 3 is 2.79 bits per heavy atom. The van der Waals surface area contributed by atoms with Gasteiger partial charge in [0.25, 0.3) is 0 Å². The molecule has 0 aromatic carbocycles. The first-order valence-corrected chi connectivity index (χ1v) is 6.99. The molecule has 0 aliphatic heterocycles. The summed E-state index contributed by atoms with van der Waals surface area (Å²) in [7, 11) is 0. The first-order valence-electron chi connectivity index (χ1n) is 6.99. The van der Waals surface area contributed by atoms with Crippen LogP contribution in [0.15, 0.2) is 18.2 Å². The van der Waals surface area contributed by atoms with Gasteiger partial charge in [0.1, 0.15) is 5.69 Å². The SMILES string of the molecule is CC(C)CCN(Cc1cccc(C(=O)O)n1)C1CC1. The number of aromatic nitrogens is 1. The fraction of sp³-hybridized carbons (Fsp3) is 0.600. The van der Waals surface area contributed by atoms with Crippen LogP contribution in [0, 0.1) is 5.92 Å². The molecule has 1 aliphatic rings. The summed E-state index contributed by atoms with van der Waals surface area (Å²) in [6, 6.07) is 5.91. The maximum atomic E-state index is 10.9. The minimum absolute atomic E-state index is 0.136. The van der Waals surface area contributed by atoms with Crippen LogP contribution < -0.4 is 0 Å². The van der Waals surface area contributed by atoms with Gasteiger partial charge in [0, 0.05) is 12.6 Å². The van der Waals surface area contributed by atoms with E-state index >= 15 is 0 Å². The molecular weight excluding hydrogens is 240 g/mol. The van der Waals surface area contributed by atoms with Crippen LogP contribution in [-0.2, 0) is 6.54 Å². The minimum atomic E-state index is -0.956. The number of pyridine rings is 1. The lowest BCUT2D eigenvalue weighted by Gasteiger charge is -2.22. The van der Waals surface area contributed by atoms with Gasteiger partial charge in [-0.15, -0.1) is 0 Å². The lowest BCUT2D eigenvalue weighted by molar-refractivity contribution is 0.0690. The Labute approximate surface area is 114 Å². The lowest BCUT2D eigenvalue weighted by atomic mass is 10.1. The molecule has 19 heavy (non-hydrogen) atoms. The highest BCUT2D eigenvalue weighted by Gasteiger charge is 2.29. The van der Waals surface area contributed by atoms with Crippen LogP contribution in [0.2, 0.25) is 0 Å². The standard InChI is InChI=1S/C15H22N2O2/c1-11(2)8-9-17(13-6-7-13)10-12-4-3-5-14(16-12)15(18)19/h3-5,11,13H,6-10H2,1-2H3,(H,18,19). The molecule has 4 nitrogen and oxygen atoms in total. The van der Waals surface area contributed by atoms with Crippen molar-refractivity contribution in [2.24, 2.45) is 5.92 Å². The second-order valence-corrected chi connectivity index (χ2v) is 5.70. The summed E-state index contributed by atoms with van der Waals surface area (Å²) in [5.41, 5.74) is 0.993. The molecule has 1 aromatic rings. The molecule has 104 valence electrons. The predicted molar refractivity (Wildman–Crippen MR) is 74.1 cm³/mol. The monoisotopic (exact) mass is 262 g/mol. The van der Waals surface area contributed by atoms with E-state index in [1.54, 1.807) is 12.1 Å². The molecule has 0 bridgehead atoms. The number of hydrogen-bond donors (Lipinski definition) is 1. The molecule has 0 spiro atoms. The molecule has 1 heterocycles. The van der Waals surface area contributed by atoms with Crippen molar-refractivity contribution < 1.29 is 9.90 Å². The minimum Gasteiger partial charge on any atom is -0.477 e. The quantitative estimate of drug-likeness (QED) is 0.821. The molecule has 0 radical (unpaired) electrons.